The topological polar surface area (TPSA) is 122 Å². The summed E-state index contributed by atoms with van der Waals surface area (Å²) in [6.07, 6.45) is 9.60. The summed E-state index contributed by atoms with van der Waals surface area (Å²) in [6.45, 7) is 10.3. The number of rotatable bonds is 19. The van der Waals surface area contributed by atoms with E-state index < -0.39 is 0 Å². The van der Waals surface area contributed by atoms with E-state index in [-0.39, 0.29) is 24.0 Å². The van der Waals surface area contributed by atoms with Gasteiger partial charge in [0.05, 0.1) is 51.7 Å². The van der Waals surface area contributed by atoms with Gasteiger partial charge < -0.3 is 30.2 Å². The van der Waals surface area contributed by atoms with E-state index in [9.17, 15) is 9.59 Å². The number of hydrazine groups is 1. The standard InChI is InChI=1S/C26H50N6O5/c1-21-20-32(31-30-21,23-8-6-7-9-23)13-15-36-17-19-37-18-16-35-14-12-27-25(33)11-5-3-4-10-24-22(2)28-26(34)29-24/h21-24,30-31H,3-20H2,1-2H3,(H2-,27,28,29,33,34)/p+1/t21?,22-,24+,32?/m0/s1. The summed E-state index contributed by atoms with van der Waals surface area (Å²) in [5.74, 6) is 0.0626. The number of urea groups is 1. The van der Waals surface area contributed by atoms with Crippen LogP contribution in [-0.2, 0) is 19.0 Å². The summed E-state index contributed by atoms with van der Waals surface area (Å²) >= 11 is 0. The summed E-state index contributed by atoms with van der Waals surface area (Å²) < 4.78 is 17.9. The number of nitrogens with one attached hydrogen (secondary N) is 5. The van der Waals surface area contributed by atoms with Gasteiger partial charge in [-0.1, -0.05) is 18.4 Å². The average Bonchev–Trinajstić information content (AvgIpc) is 3.61. The maximum atomic E-state index is 11.9. The number of amides is 3. The van der Waals surface area contributed by atoms with E-state index in [1.54, 1.807) is 0 Å². The van der Waals surface area contributed by atoms with Crippen LogP contribution in [0.25, 0.3) is 0 Å². The summed E-state index contributed by atoms with van der Waals surface area (Å²) in [6, 6.07) is 1.47. The molecule has 0 aromatic carbocycles. The van der Waals surface area contributed by atoms with Crippen molar-refractivity contribution in [3.8, 4) is 0 Å². The third kappa shape index (κ3) is 10.6. The second kappa shape index (κ2) is 16.5. The summed E-state index contributed by atoms with van der Waals surface area (Å²) in [5.41, 5.74) is 6.95. The molecule has 11 heteroatoms. The Balaban J connectivity index is 1.06. The van der Waals surface area contributed by atoms with Crippen molar-refractivity contribution in [1.29, 1.82) is 0 Å². The summed E-state index contributed by atoms with van der Waals surface area (Å²) in [7, 11) is 0. The minimum absolute atomic E-state index is 0.0626. The maximum absolute atomic E-state index is 11.9. The average molecular weight is 528 g/mol. The largest absolute Gasteiger partial charge is 0.377 e. The maximum Gasteiger partial charge on any atom is 0.315 e. The molecular weight excluding hydrogens is 476 g/mol. The van der Waals surface area contributed by atoms with E-state index in [2.05, 4.69) is 33.8 Å². The van der Waals surface area contributed by atoms with Crippen molar-refractivity contribution in [2.45, 2.75) is 95.8 Å². The number of nitrogens with zero attached hydrogens (tertiary/aromatic N) is 1. The Morgan fingerprint density at radius 2 is 1.65 bits per heavy atom. The molecule has 3 amide bonds. The van der Waals surface area contributed by atoms with Gasteiger partial charge in [-0.15, -0.1) is 0 Å². The van der Waals surface area contributed by atoms with Crippen molar-refractivity contribution in [2.24, 2.45) is 0 Å². The third-order valence-electron chi connectivity index (χ3n) is 7.80. The number of carbonyl (C=O) groups is 2. The molecule has 2 heterocycles. The molecule has 2 unspecified atom stereocenters. The molecule has 37 heavy (non-hydrogen) atoms. The lowest BCUT2D eigenvalue weighted by Gasteiger charge is -2.37. The van der Waals surface area contributed by atoms with Gasteiger partial charge in [-0.05, 0) is 39.5 Å². The van der Waals surface area contributed by atoms with E-state index in [1.165, 1.54) is 25.7 Å². The third-order valence-corrected chi connectivity index (χ3v) is 7.80. The fourth-order valence-corrected chi connectivity index (χ4v) is 5.70. The van der Waals surface area contributed by atoms with E-state index in [4.69, 9.17) is 14.2 Å². The second-order valence-corrected chi connectivity index (χ2v) is 10.8. The van der Waals surface area contributed by atoms with Crippen LogP contribution in [0.4, 0.5) is 4.79 Å². The molecule has 5 N–H and O–H groups in total. The molecule has 2 aliphatic heterocycles. The lowest BCUT2D eigenvalue weighted by Crippen LogP contribution is -2.62. The molecule has 1 saturated carbocycles. The Morgan fingerprint density at radius 3 is 2.30 bits per heavy atom. The van der Waals surface area contributed by atoms with Crippen LogP contribution in [0.15, 0.2) is 0 Å². The number of ether oxygens (including phenoxy) is 3. The van der Waals surface area contributed by atoms with Crippen LogP contribution in [-0.4, -0.2) is 100.0 Å². The molecule has 3 fully saturated rings. The molecule has 4 atom stereocenters. The van der Waals surface area contributed by atoms with Gasteiger partial charge in [-0.2, -0.15) is 0 Å². The van der Waals surface area contributed by atoms with Gasteiger partial charge in [0, 0.05) is 31.8 Å². The zero-order valence-electron chi connectivity index (χ0n) is 23.0. The Labute approximate surface area is 222 Å². The Hall–Kier alpha value is -1.50. The van der Waals surface area contributed by atoms with Crippen molar-refractivity contribution in [3.63, 3.8) is 0 Å². The molecule has 3 rings (SSSR count). The highest BCUT2D eigenvalue weighted by molar-refractivity contribution is 5.77. The fraction of sp³-hybridized carbons (Fsp3) is 0.923. The van der Waals surface area contributed by atoms with Crippen LogP contribution in [0.5, 0.6) is 0 Å². The Morgan fingerprint density at radius 1 is 0.946 bits per heavy atom. The lowest BCUT2D eigenvalue weighted by atomic mass is 10.0. The van der Waals surface area contributed by atoms with E-state index in [0.717, 1.165) is 50.0 Å². The first-order valence-electron chi connectivity index (χ1n) is 14.4. The molecule has 11 nitrogen and oxygen atoms in total. The Kier molecular flexibility index (Phi) is 13.4. The van der Waals surface area contributed by atoms with Crippen molar-refractivity contribution >= 4 is 11.9 Å². The van der Waals surface area contributed by atoms with E-state index in [1.807, 2.05) is 6.92 Å². The molecule has 3 aliphatic rings. The number of hydrogen-bond donors (Lipinski definition) is 5. The fourth-order valence-electron chi connectivity index (χ4n) is 5.70. The molecule has 0 aromatic heterocycles. The van der Waals surface area contributed by atoms with E-state index >= 15 is 0 Å². The quantitative estimate of drug-likeness (QED) is 0.127. The first-order valence-corrected chi connectivity index (χ1v) is 14.4. The van der Waals surface area contributed by atoms with Gasteiger partial charge in [0.2, 0.25) is 5.91 Å². The molecular formula is C26H51N6O5+. The summed E-state index contributed by atoms with van der Waals surface area (Å²) in [4.78, 5) is 23.2. The van der Waals surface area contributed by atoms with Gasteiger partial charge in [0.1, 0.15) is 19.1 Å². The Bertz CT molecular complexity index is 680. The van der Waals surface area contributed by atoms with Crippen molar-refractivity contribution < 1.29 is 28.4 Å². The smallest absolute Gasteiger partial charge is 0.315 e. The van der Waals surface area contributed by atoms with Gasteiger partial charge in [-0.3, -0.25) is 4.79 Å². The monoisotopic (exact) mass is 527 g/mol. The van der Waals surface area contributed by atoms with Gasteiger partial charge in [0.25, 0.3) is 0 Å². The highest BCUT2D eigenvalue weighted by Crippen LogP contribution is 2.29. The predicted molar refractivity (Wildman–Crippen MR) is 141 cm³/mol. The molecule has 0 radical (unpaired) electrons. The zero-order chi connectivity index (χ0) is 26.3. The minimum Gasteiger partial charge on any atom is -0.377 e. The minimum atomic E-state index is -0.0817. The van der Waals surface area contributed by atoms with Crippen LogP contribution >= 0.6 is 0 Å². The molecule has 0 aromatic rings. The normalized spacial score (nSPS) is 27.9. The van der Waals surface area contributed by atoms with E-state index in [0.29, 0.717) is 58.1 Å². The van der Waals surface area contributed by atoms with Crippen LogP contribution < -0.4 is 26.9 Å². The molecule has 1 aliphatic carbocycles. The second-order valence-electron chi connectivity index (χ2n) is 10.8. The van der Waals surface area contributed by atoms with Crippen molar-refractivity contribution in [1.82, 2.24) is 26.9 Å². The SMILES string of the molecule is CC1C[N+](CCOCCOCCOCCNC(=O)CCCCC[C@H]2NC(=O)N[C@H]2C)(C2CCCC2)NN1. The van der Waals surface area contributed by atoms with Gasteiger partial charge in [0.15, 0.2) is 0 Å². The van der Waals surface area contributed by atoms with Crippen molar-refractivity contribution in [3.05, 3.63) is 0 Å². The molecule has 2 saturated heterocycles. The first-order chi connectivity index (χ1) is 18.0. The molecule has 0 bridgehead atoms. The van der Waals surface area contributed by atoms with Crippen LogP contribution in [0.3, 0.4) is 0 Å². The van der Waals surface area contributed by atoms with Crippen molar-refractivity contribution in [2.75, 3.05) is 59.3 Å². The van der Waals surface area contributed by atoms with Crippen LogP contribution in [0.2, 0.25) is 0 Å². The van der Waals surface area contributed by atoms with Crippen LogP contribution in [0, 0.1) is 0 Å². The first kappa shape index (κ1) is 30.0. The van der Waals surface area contributed by atoms with Gasteiger partial charge in [-0.25, -0.2) is 14.8 Å². The highest BCUT2D eigenvalue weighted by atomic mass is 16.5. The highest BCUT2D eigenvalue weighted by Gasteiger charge is 2.44. The number of unbranched alkanes of at least 4 members (excludes halogenated alkanes) is 2. The number of hydrogen-bond acceptors (Lipinski definition) is 7. The molecule has 0 spiro atoms. The zero-order valence-corrected chi connectivity index (χ0v) is 23.0. The lowest BCUT2D eigenvalue weighted by molar-refractivity contribution is -0.982. The predicted octanol–water partition coefficient (Wildman–Crippen LogP) is 1.34. The van der Waals surface area contributed by atoms with Crippen LogP contribution in [0.1, 0.15) is 71.6 Å². The van der Waals surface area contributed by atoms with Gasteiger partial charge >= 0.3 is 6.03 Å². The number of quaternary nitrogens is 1. The number of carbonyl (C=O) groups excluding carboxylic acids is 2. The summed E-state index contributed by atoms with van der Waals surface area (Å²) in [5, 5.41) is 8.68. The molecule has 214 valence electrons.